The number of rotatable bonds is 4. The van der Waals surface area contributed by atoms with Crippen LogP contribution in [0.25, 0.3) is 21.5 Å². The zero-order valence-corrected chi connectivity index (χ0v) is 14.2. The summed E-state index contributed by atoms with van der Waals surface area (Å²) in [6, 6.07) is 6.20. The van der Waals surface area contributed by atoms with Crippen LogP contribution in [0.5, 0.6) is 0 Å². The van der Waals surface area contributed by atoms with Crippen molar-refractivity contribution in [3.63, 3.8) is 0 Å². The van der Waals surface area contributed by atoms with Crippen molar-refractivity contribution in [3.8, 4) is 11.3 Å². The fourth-order valence-corrected chi connectivity index (χ4v) is 3.84. The van der Waals surface area contributed by atoms with Gasteiger partial charge in [0.25, 0.3) is 0 Å². The topological polar surface area (TPSA) is 84.4 Å². The Morgan fingerprint density at radius 2 is 2.21 bits per heavy atom. The number of thiophene rings is 1. The van der Waals surface area contributed by atoms with Crippen LogP contribution in [-0.4, -0.2) is 28.3 Å². The van der Waals surface area contributed by atoms with Crippen molar-refractivity contribution in [2.45, 2.75) is 25.4 Å². The van der Waals surface area contributed by atoms with Crippen LogP contribution in [0.3, 0.4) is 0 Å². The Kier molecular flexibility index (Phi) is 3.78. The van der Waals surface area contributed by atoms with Crippen LogP contribution in [0.2, 0.25) is 0 Å². The minimum Gasteiger partial charge on any atom is -0.391 e. The Labute approximate surface area is 143 Å². The summed E-state index contributed by atoms with van der Waals surface area (Å²) in [6.07, 6.45) is 5.90. The van der Waals surface area contributed by atoms with Gasteiger partial charge in [-0.15, -0.1) is 11.3 Å². The summed E-state index contributed by atoms with van der Waals surface area (Å²) in [5.74, 6) is 1.07. The maximum atomic E-state index is 9.44. The summed E-state index contributed by atoms with van der Waals surface area (Å²) >= 11 is 1.55. The van der Waals surface area contributed by atoms with E-state index in [0.29, 0.717) is 11.7 Å². The molecule has 0 saturated heterocycles. The number of fused-ring (bicyclic) bond motifs is 1. The molecule has 0 atom stereocenters. The second-order valence-corrected chi connectivity index (χ2v) is 7.16. The molecule has 1 saturated carbocycles. The zero-order chi connectivity index (χ0) is 16.7. The Bertz CT molecular complexity index is 944. The first kappa shape index (κ1) is 15.2. The lowest BCUT2D eigenvalue weighted by atomic mass is 10.0. The van der Waals surface area contributed by atoms with Crippen molar-refractivity contribution >= 4 is 33.6 Å². The Morgan fingerprint density at radius 3 is 2.92 bits per heavy atom. The van der Waals surface area contributed by atoms with E-state index in [1.165, 1.54) is 23.8 Å². The van der Waals surface area contributed by atoms with Crippen LogP contribution in [0.1, 0.15) is 34.8 Å². The fraction of sp³-hybridized carbons (Fsp3) is 0.278. The molecule has 0 aromatic carbocycles. The molecule has 0 radical (unpaired) electrons. The average Bonchev–Trinajstić information content (AvgIpc) is 3.34. The molecule has 3 heterocycles. The van der Waals surface area contributed by atoms with Gasteiger partial charge in [0.1, 0.15) is 10.6 Å². The van der Waals surface area contributed by atoms with E-state index in [1.54, 1.807) is 30.8 Å². The van der Waals surface area contributed by atoms with E-state index in [9.17, 15) is 5.11 Å². The molecule has 5 nitrogen and oxygen atoms in total. The lowest BCUT2D eigenvalue weighted by Crippen LogP contribution is -1.98. The van der Waals surface area contributed by atoms with Gasteiger partial charge in [-0.1, -0.05) is 0 Å². The van der Waals surface area contributed by atoms with Gasteiger partial charge in [-0.05, 0) is 42.5 Å². The number of aliphatic imine (C=N–C) groups is 1. The van der Waals surface area contributed by atoms with Crippen LogP contribution in [-0.2, 0) is 6.61 Å². The highest BCUT2D eigenvalue weighted by Gasteiger charge is 2.27. The molecule has 0 spiro atoms. The van der Waals surface area contributed by atoms with E-state index in [-0.39, 0.29) is 6.61 Å². The van der Waals surface area contributed by atoms with Crippen LogP contribution in [0.15, 0.2) is 29.4 Å². The van der Waals surface area contributed by atoms with E-state index in [1.807, 2.05) is 6.07 Å². The molecule has 0 unspecified atom stereocenters. The number of nitrogens with zero attached hydrogens (tertiary/aromatic N) is 3. The van der Waals surface area contributed by atoms with Crippen LogP contribution in [0, 0.1) is 0 Å². The van der Waals surface area contributed by atoms with Gasteiger partial charge in [-0.3, -0.25) is 4.99 Å². The molecule has 24 heavy (non-hydrogen) atoms. The SMILES string of the molecule is CN=Cc1cc(-c2cc(C3CC3)c3cc(CO)sc3n2)cnc1N. The summed E-state index contributed by atoms with van der Waals surface area (Å²) < 4.78 is 0. The average molecular weight is 338 g/mol. The van der Waals surface area contributed by atoms with Gasteiger partial charge in [0.2, 0.25) is 0 Å². The van der Waals surface area contributed by atoms with E-state index < -0.39 is 0 Å². The Hall–Kier alpha value is -2.31. The van der Waals surface area contributed by atoms with Gasteiger partial charge in [0.05, 0.1) is 12.3 Å². The second kappa shape index (κ2) is 5.96. The number of hydrogen-bond acceptors (Lipinski definition) is 6. The molecule has 3 aromatic rings. The van der Waals surface area contributed by atoms with Gasteiger partial charge in [-0.2, -0.15) is 0 Å². The number of anilines is 1. The van der Waals surface area contributed by atoms with Gasteiger partial charge < -0.3 is 10.8 Å². The maximum absolute atomic E-state index is 9.44. The molecule has 1 aliphatic rings. The minimum atomic E-state index is 0.0566. The summed E-state index contributed by atoms with van der Waals surface area (Å²) in [5, 5.41) is 10.6. The first-order valence-electron chi connectivity index (χ1n) is 7.92. The summed E-state index contributed by atoms with van der Waals surface area (Å²) in [6.45, 7) is 0.0566. The molecule has 3 aromatic heterocycles. The van der Waals surface area contributed by atoms with E-state index in [0.717, 1.165) is 26.5 Å². The molecule has 0 bridgehead atoms. The number of nitrogens with two attached hydrogens (primary N) is 1. The van der Waals surface area contributed by atoms with Gasteiger partial charge in [-0.25, -0.2) is 9.97 Å². The first-order valence-corrected chi connectivity index (χ1v) is 8.73. The fourth-order valence-electron chi connectivity index (χ4n) is 2.92. The van der Waals surface area contributed by atoms with Crippen LogP contribution < -0.4 is 5.73 Å². The van der Waals surface area contributed by atoms with Crippen molar-refractivity contribution in [1.82, 2.24) is 9.97 Å². The molecule has 1 fully saturated rings. The molecular formula is C18H18N4OS. The Balaban J connectivity index is 1.89. The number of nitrogen functional groups attached to an aromatic ring is 1. The minimum absolute atomic E-state index is 0.0566. The third kappa shape index (κ3) is 2.68. The molecule has 6 heteroatoms. The van der Waals surface area contributed by atoms with Crippen molar-refractivity contribution in [1.29, 1.82) is 0 Å². The molecule has 0 amide bonds. The predicted octanol–water partition coefficient (Wildman–Crippen LogP) is 3.36. The Morgan fingerprint density at radius 1 is 1.38 bits per heavy atom. The van der Waals surface area contributed by atoms with Crippen molar-refractivity contribution in [3.05, 3.63) is 40.4 Å². The monoisotopic (exact) mass is 338 g/mol. The smallest absolute Gasteiger partial charge is 0.132 e. The lowest BCUT2D eigenvalue weighted by Gasteiger charge is -2.08. The van der Waals surface area contributed by atoms with E-state index in [2.05, 4.69) is 22.1 Å². The molecular weight excluding hydrogens is 320 g/mol. The standard InChI is InChI=1S/C18H18N4OS/c1-20-7-12-4-11(8-21-17(12)19)16-6-14(10-2-3-10)15-5-13(9-23)24-18(15)22-16/h4-8,10,23H,2-3,9H2,1H3,(H2,19,21). The van der Waals surface area contributed by atoms with Crippen LogP contribution in [0.4, 0.5) is 5.82 Å². The maximum Gasteiger partial charge on any atom is 0.132 e. The number of hydrogen-bond donors (Lipinski definition) is 2. The summed E-state index contributed by atoms with van der Waals surface area (Å²) in [7, 11) is 1.71. The predicted molar refractivity (Wildman–Crippen MR) is 98.7 cm³/mol. The normalized spacial score (nSPS) is 14.8. The molecule has 3 N–H and O–H groups in total. The first-order chi connectivity index (χ1) is 11.7. The number of aromatic nitrogens is 2. The third-order valence-corrected chi connectivity index (χ3v) is 5.29. The van der Waals surface area contributed by atoms with E-state index in [4.69, 9.17) is 10.7 Å². The molecule has 4 rings (SSSR count). The largest absolute Gasteiger partial charge is 0.391 e. The lowest BCUT2D eigenvalue weighted by molar-refractivity contribution is 0.285. The van der Waals surface area contributed by atoms with Gasteiger partial charge in [0.15, 0.2) is 0 Å². The van der Waals surface area contributed by atoms with Crippen LogP contribution >= 0.6 is 11.3 Å². The number of aliphatic hydroxyl groups excluding tert-OH is 1. The summed E-state index contributed by atoms with van der Waals surface area (Å²) in [4.78, 5) is 15.0. The van der Waals surface area contributed by atoms with E-state index >= 15 is 0 Å². The highest BCUT2D eigenvalue weighted by molar-refractivity contribution is 7.18. The summed E-state index contributed by atoms with van der Waals surface area (Å²) in [5.41, 5.74) is 9.86. The van der Waals surface area contributed by atoms with Crippen molar-refractivity contribution < 1.29 is 5.11 Å². The second-order valence-electron chi connectivity index (χ2n) is 6.05. The highest BCUT2D eigenvalue weighted by atomic mass is 32.1. The quantitative estimate of drug-likeness (QED) is 0.714. The number of aliphatic hydroxyl groups is 1. The molecule has 122 valence electrons. The van der Waals surface area contributed by atoms with Gasteiger partial charge >= 0.3 is 0 Å². The van der Waals surface area contributed by atoms with Gasteiger partial charge in [0, 0.05) is 40.8 Å². The number of pyridine rings is 2. The molecule has 0 aliphatic heterocycles. The van der Waals surface area contributed by atoms with Crippen molar-refractivity contribution in [2.75, 3.05) is 12.8 Å². The molecule has 1 aliphatic carbocycles. The third-order valence-electron chi connectivity index (χ3n) is 4.28. The van der Waals surface area contributed by atoms with Crippen molar-refractivity contribution in [2.24, 2.45) is 4.99 Å². The highest BCUT2D eigenvalue weighted by Crippen LogP contribution is 2.45. The zero-order valence-electron chi connectivity index (χ0n) is 13.4.